The van der Waals surface area contributed by atoms with E-state index in [0.29, 0.717) is 31.0 Å². The standard InChI is InChI=1S/C16H29N3O2/c1-12(2)16(6-7-16)11-18-13-10-19(9-8-17-13)14(20)21-15(3,4)5/h12H,6-11H2,1-5H3,(H,17,18). The molecule has 1 heterocycles. The number of rotatable bonds is 3. The number of aliphatic imine (C=N–C) groups is 1. The molecule has 0 spiro atoms. The largest absolute Gasteiger partial charge is 0.444 e. The van der Waals surface area contributed by atoms with Crippen LogP contribution in [0.2, 0.25) is 0 Å². The molecule has 1 aliphatic carbocycles. The van der Waals surface area contributed by atoms with E-state index in [2.05, 4.69) is 24.2 Å². The molecule has 1 amide bonds. The maximum atomic E-state index is 12.1. The van der Waals surface area contributed by atoms with Gasteiger partial charge in [-0.2, -0.15) is 0 Å². The van der Waals surface area contributed by atoms with Gasteiger partial charge in [0.2, 0.25) is 0 Å². The highest BCUT2D eigenvalue weighted by atomic mass is 16.6. The second-order valence-corrected chi connectivity index (χ2v) is 7.60. The highest BCUT2D eigenvalue weighted by Crippen LogP contribution is 2.51. The first-order valence-corrected chi connectivity index (χ1v) is 7.97. The summed E-state index contributed by atoms with van der Waals surface area (Å²) in [6.07, 6.45) is 2.34. The van der Waals surface area contributed by atoms with Crippen LogP contribution in [0.15, 0.2) is 4.99 Å². The van der Waals surface area contributed by atoms with Crippen molar-refractivity contribution in [3.63, 3.8) is 0 Å². The first kappa shape index (κ1) is 16.1. The van der Waals surface area contributed by atoms with Gasteiger partial charge in [0.25, 0.3) is 0 Å². The van der Waals surface area contributed by atoms with Crippen molar-refractivity contribution in [1.82, 2.24) is 10.2 Å². The average Bonchev–Trinajstić information content (AvgIpc) is 3.16. The van der Waals surface area contributed by atoms with Crippen LogP contribution in [0.1, 0.15) is 47.5 Å². The molecule has 0 unspecified atom stereocenters. The quantitative estimate of drug-likeness (QED) is 0.871. The Bertz CT molecular complexity index is 420. The Morgan fingerprint density at radius 2 is 2.10 bits per heavy atom. The molecule has 5 nitrogen and oxygen atoms in total. The Balaban J connectivity index is 1.83. The van der Waals surface area contributed by atoms with E-state index in [1.54, 1.807) is 4.90 Å². The molecule has 5 heteroatoms. The van der Waals surface area contributed by atoms with E-state index in [9.17, 15) is 4.79 Å². The van der Waals surface area contributed by atoms with Gasteiger partial charge >= 0.3 is 6.09 Å². The van der Waals surface area contributed by atoms with Crippen LogP contribution in [-0.4, -0.2) is 48.6 Å². The fourth-order valence-corrected chi connectivity index (χ4v) is 2.61. The highest BCUT2D eigenvalue weighted by molar-refractivity contribution is 5.87. The SMILES string of the molecule is CC(C)C1(CNC2=NCCN(C(=O)OC(C)(C)C)C2)CC1. The zero-order valence-electron chi connectivity index (χ0n) is 14.0. The maximum Gasteiger partial charge on any atom is 0.410 e. The third-order valence-electron chi connectivity index (χ3n) is 4.43. The van der Waals surface area contributed by atoms with E-state index >= 15 is 0 Å². The fraction of sp³-hybridized carbons (Fsp3) is 0.875. The molecular weight excluding hydrogens is 266 g/mol. The van der Waals surface area contributed by atoms with Crippen LogP contribution in [-0.2, 0) is 4.74 Å². The molecule has 1 saturated carbocycles. The van der Waals surface area contributed by atoms with Crippen molar-refractivity contribution in [3.8, 4) is 0 Å². The Hall–Kier alpha value is -1.26. The molecule has 1 fully saturated rings. The number of carbonyl (C=O) groups excluding carboxylic acids is 1. The van der Waals surface area contributed by atoms with Gasteiger partial charge in [0.05, 0.1) is 13.1 Å². The van der Waals surface area contributed by atoms with Gasteiger partial charge in [-0.05, 0) is 44.9 Å². The minimum atomic E-state index is -0.449. The summed E-state index contributed by atoms with van der Waals surface area (Å²) in [7, 11) is 0. The fourth-order valence-electron chi connectivity index (χ4n) is 2.61. The number of carbonyl (C=O) groups is 1. The summed E-state index contributed by atoms with van der Waals surface area (Å²) in [6, 6.07) is 0. The Kier molecular flexibility index (Phi) is 4.49. The number of amides is 1. The minimum Gasteiger partial charge on any atom is -0.444 e. The van der Waals surface area contributed by atoms with Gasteiger partial charge in [-0.3, -0.25) is 9.89 Å². The molecule has 0 radical (unpaired) electrons. The van der Waals surface area contributed by atoms with Gasteiger partial charge in [0.15, 0.2) is 0 Å². The van der Waals surface area contributed by atoms with Gasteiger partial charge in [-0.25, -0.2) is 4.79 Å². The predicted molar refractivity (Wildman–Crippen MR) is 84.6 cm³/mol. The molecule has 1 N–H and O–H groups in total. The van der Waals surface area contributed by atoms with Crippen LogP contribution in [0.5, 0.6) is 0 Å². The first-order valence-electron chi connectivity index (χ1n) is 7.97. The molecule has 21 heavy (non-hydrogen) atoms. The lowest BCUT2D eigenvalue weighted by molar-refractivity contribution is 0.0276. The number of amidine groups is 1. The van der Waals surface area contributed by atoms with E-state index < -0.39 is 5.60 Å². The van der Waals surface area contributed by atoms with Crippen molar-refractivity contribution < 1.29 is 9.53 Å². The van der Waals surface area contributed by atoms with Crippen LogP contribution in [0.3, 0.4) is 0 Å². The lowest BCUT2D eigenvalue weighted by Gasteiger charge is -2.30. The van der Waals surface area contributed by atoms with E-state index in [4.69, 9.17) is 4.74 Å². The molecule has 120 valence electrons. The summed E-state index contributed by atoms with van der Waals surface area (Å²) in [4.78, 5) is 18.3. The van der Waals surface area contributed by atoms with Crippen molar-refractivity contribution in [1.29, 1.82) is 0 Å². The maximum absolute atomic E-state index is 12.1. The van der Waals surface area contributed by atoms with Crippen LogP contribution < -0.4 is 5.32 Å². The lowest BCUT2D eigenvalue weighted by Crippen LogP contribution is -2.48. The van der Waals surface area contributed by atoms with Crippen molar-refractivity contribution in [2.75, 3.05) is 26.2 Å². The second-order valence-electron chi connectivity index (χ2n) is 7.60. The number of hydrogen-bond donors (Lipinski definition) is 1. The van der Waals surface area contributed by atoms with Gasteiger partial charge in [-0.1, -0.05) is 13.8 Å². The van der Waals surface area contributed by atoms with Crippen LogP contribution in [0, 0.1) is 11.3 Å². The van der Waals surface area contributed by atoms with Gasteiger partial charge < -0.3 is 10.1 Å². The topological polar surface area (TPSA) is 53.9 Å². The monoisotopic (exact) mass is 295 g/mol. The number of hydrogen-bond acceptors (Lipinski definition) is 4. The van der Waals surface area contributed by atoms with Crippen LogP contribution >= 0.6 is 0 Å². The molecule has 0 atom stereocenters. The summed E-state index contributed by atoms with van der Waals surface area (Å²) >= 11 is 0. The average molecular weight is 295 g/mol. The third kappa shape index (κ3) is 4.35. The van der Waals surface area contributed by atoms with E-state index in [-0.39, 0.29) is 6.09 Å². The smallest absolute Gasteiger partial charge is 0.410 e. The van der Waals surface area contributed by atoms with Crippen molar-refractivity contribution >= 4 is 11.9 Å². The summed E-state index contributed by atoms with van der Waals surface area (Å²) < 4.78 is 5.43. The molecule has 2 aliphatic rings. The third-order valence-corrected chi connectivity index (χ3v) is 4.43. The molecule has 0 saturated heterocycles. The Morgan fingerprint density at radius 1 is 1.43 bits per heavy atom. The van der Waals surface area contributed by atoms with Crippen molar-refractivity contribution in [2.45, 2.75) is 53.1 Å². The molecule has 0 aromatic rings. The number of nitrogens with zero attached hydrogens (tertiary/aromatic N) is 2. The van der Waals surface area contributed by atoms with Gasteiger partial charge in [0, 0.05) is 13.1 Å². The van der Waals surface area contributed by atoms with E-state index in [1.807, 2.05) is 20.8 Å². The van der Waals surface area contributed by atoms with Crippen molar-refractivity contribution in [3.05, 3.63) is 0 Å². The normalized spacial score (nSPS) is 21.0. The number of nitrogens with one attached hydrogen (secondary N) is 1. The van der Waals surface area contributed by atoms with Gasteiger partial charge in [0.1, 0.15) is 11.4 Å². The van der Waals surface area contributed by atoms with Gasteiger partial charge in [-0.15, -0.1) is 0 Å². The summed E-state index contributed by atoms with van der Waals surface area (Å²) in [5, 5.41) is 3.45. The first-order chi connectivity index (χ1) is 9.72. The highest BCUT2D eigenvalue weighted by Gasteiger charge is 2.45. The Morgan fingerprint density at radius 3 is 2.62 bits per heavy atom. The molecule has 0 aromatic carbocycles. The van der Waals surface area contributed by atoms with Crippen LogP contribution in [0.25, 0.3) is 0 Å². The molecule has 0 aromatic heterocycles. The number of ether oxygens (including phenoxy) is 1. The minimum absolute atomic E-state index is 0.248. The summed E-state index contributed by atoms with van der Waals surface area (Å²) in [6.45, 7) is 13.0. The summed E-state index contributed by atoms with van der Waals surface area (Å²) in [5.74, 6) is 1.61. The van der Waals surface area contributed by atoms with Crippen molar-refractivity contribution in [2.24, 2.45) is 16.3 Å². The van der Waals surface area contributed by atoms with E-state index in [0.717, 1.165) is 12.4 Å². The molecular formula is C16H29N3O2. The van der Waals surface area contributed by atoms with E-state index in [1.165, 1.54) is 12.8 Å². The summed E-state index contributed by atoms with van der Waals surface area (Å²) in [5.41, 5.74) is -0.00824. The Labute approximate surface area is 128 Å². The molecule has 2 rings (SSSR count). The molecule has 1 aliphatic heterocycles. The lowest BCUT2D eigenvalue weighted by atomic mass is 9.92. The second kappa shape index (κ2) is 5.85. The zero-order valence-corrected chi connectivity index (χ0v) is 14.0. The van der Waals surface area contributed by atoms with Crippen LogP contribution in [0.4, 0.5) is 4.79 Å². The zero-order chi connectivity index (χ0) is 15.7. The predicted octanol–water partition coefficient (Wildman–Crippen LogP) is 2.66. The molecule has 0 bridgehead atoms.